The molecule has 3 rings (SSSR count). The van der Waals surface area contributed by atoms with Crippen molar-refractivity contribution in [3.05, 3.63) is 89.2 Å². The first-order valence-corrected chi connectivity index (χ1v) is 10.00. The number of rotatable bonds is 5. The molecule has 28 heavy (non-hydrogen) atoms. The maximum absolute atomic E-state index is 13.4. The Labute approximate surface area is 163 Å². The highest BCUT2D eigenvalue weighted by Gasteiger charge is 2.17. The van der Waals surface area contributed by atoms with Crippen LogP contribution >= 0.6 is 0 Å². The Bertz CT molecular complexity index is 1130. The minimum absolute atomic E-state index is 0.0447. The van der Waals surface area contributed by atoms with Crippen molar-refractivity contribution < 1.29 is 17.6 Å². The first kappa shape index (κ1) is 19.6. The van der Waals surface area contributed by atoms with Crippen LogP contribution in [0.25, 0.3) is 0 Å². The molecule has 0 unspecified atom stereocenters. The zero-order chi connectivity index (χ0) is 20.3. The lowest BCUT2D eigenvalue weighted by molar-refractivity contribution is 0.102. The Hall–Kier alpha value is -3.19. The third kappa shape index (κ3) is 4.55. The maximum atomic E-state index is 13.4. The lowest BCUT2D eigenvalue weighted by Gasteiger charge is -2.11. The number of carbonyl (C=O) groups excluding carboxylic acids is 1. The number of hydrogen-bond acceptors (Lipinski definition) is 3. The van der Waals surface area contributed by atoms with Gasteiger partial charge in [-0.3, -0.25) is 9.52 Å². The Morgan fingerprint density at radius 3 is 2.36 bits per heavy atom. The molecule has 0 saturated carbocycles. The van der Waals surface area contributed by atoms with E-state index in [9.17, 15) is 17.6 Å². The molecule has 0 atom stereocenters. The highest BCUT2D eigenvalue weighted by molar-refractivity contribution is 7.92. The molecule has 2 N–H and O–H groups in total. The lowest BCUT2D eigenvalue weighted by Crippen LogP contribution is -2.16. The fourth-order valence-electron chi connectivity index (χ4n) is 2.56. The van der Waals surface area contributed by atoms with Gasteiger partial charge in [-0.25, -0.2) is 12.8 Å². The van der Waals surface area contributed by atoms with Crippen LogP contribution in [-0.2, 0) is 10.0 Å². The van der Waals surface area contributed by atoms with Crippen molar-refractivity contribution in [1.29, 1.82) is 0 Å². The van der Waals surface area contributed by atoms with E-state index in [0.29, 0.717) is 16.9 Å². The summed E-state index contributed by atoms with van der Waals surface area (Å²) in [6.07, 6.45) is 0. The average molecular weight is 398 g/mol. The summed E-state index contributed by atoms with van der Waals surface area (Å²) in [5.74, 6) is -0.999. The lowest BCUT2D eigenvalue weighted by atomic mass is 10.1. The van der Waals surface area contributed by atoms with Gasteiger partial charge in [-0.15, -0.1) is 0 Å². The summed E-state index contributed by atoms with van der Waals surface area (Å²) in [6, 6.07) is 16.6. The number of benzene rings is 3. The normalized spacial score (nSPS) is 11.1. The van der Waals surface area contributed by atoms with Crippen LogP contribution in [0, 0.1) is 19.7 Å². The van der Waals surface area contributed by atoms with Gasteiger partial charge in [-0.05, 0) is 61.9 Å². The predicted octanol–water partition coefficient (Wildman–Crippen LogP) is 4.50. The van der Waals surface area contributed by atoms with Gasteiger partial charge >= 0.3 is 0 Å². The Balaban J connectivity index is 1.83. The first-order chi connectivity index (χ1) is 13.2. The summed E-state index contributed by atoms with van der Waals surface area (Å²) in [4.78, 5) is 12.5. The summed E-state index contributed by atoms with van der Waals surface area (Å²) < 4.78 is 41.2. The number of anilines is 2. The molecule has 0 fully saturated rings. The first-order valence-electron chi connectivity index (χ1n) is 8.52. The molecule has 7 heteroatoms. The molecule has 144 valence electrons. The molecule has 0 spiro atoms. The number of sulfonamides is 1. The van der Waals surface area contributed by atoms with Gasteiger partial charge in [0.15, 0.2) is 0 Å². The molecule has 3 aromatic carbocycles. The van der Waals surface area contributed by atoms with Gasteiger partial charge in [0.05, 0.1) is 4.90 Å². The third-order valence-electron chi connectivity index (χ3n) is 4.16. The SMILES string of the molecule is Cc1ccc(NS(=O)(=O)c2cccc(C(=O)Nc3cc(F)ccc3C)c2)cc1. The predicted molar refractivity (Wildman–Crippen MR) is 108 cm³/mol. The highest BCUT2D eigenvalue weighted by Crippen LogP contribution is 2.20. The number of hydrogen-bond donors (Lipinski definition) is 2. The van der Waals surface area contributed by atoms with Crippen LogP contribution in [0.15, 0.2) is 71.6 Å². The number of nitrogens with one attached hydrogen (secondary N) is 2. The molecule has 0 aliphatic rings. The van der Waals surface area contributed by atoms with Crippen LogP contribution in [0.2, 0.25) is 0 Å². The van der Waals surface area contributed by atoms with Crippen LogP contribution in [0.3, 0.4) is 0 Å². The van der Waals surface area contributed by atoms with Crippen LogP contribution < -0.4 is 10.0 Å². The molecule has 0 aromatic heterocycles. The second-order valence-corrected chi connectivity index (χ2v) is 8.10. The van der Waals surface area contributed by atoms with E-state index < -0.39 is 21.7 Å². The van der Waals surface area contributed by atoms with E-state index in [2.05, 4.69) is 10.0 Å². The van der Waals surface area contributed by atoms with Crippen molar-refractivity contribution >= 4 is 27.3 Å². The van der Waals surface area contributed by atoms with E-state index in [1.165, 1.54) is 36.4 Å². The topological polar surface area (TPSA) is 75.3 Å². The fraction of sp³-hybridized carbons (Fsp3) is 0.0952. The molecule has 0 aliphatic heterocycles. The van der Waals surface area contributed by atoms with E-state index in [4.69, 9.17) is 0 Å². The van der Waals surface area contributed by atoms with Gasteiger partial charge < -0.3 is 5.32 Å². The van der Waals surface area contributed by atoms with E-state index in [1.54, 1.807) is 37.3 Å². The molecule has 0 bridgehead atoms. The standard InChI is InChI=1S/C21H19FN2O3S/c1-14-6-10-18(11-7-14)24-28(26,27)19-5-3-4-16(12-19)21(25)23-20-13-17(22)9-8-15(20)2/h3-13,24H,1-2H3,(H,23,25). The van der Waals surface area contributed by atoms with Gasteiger partial charge in [0.25, 0.3) is 15.9 Å². The molecule has 0 radical (unpaired) electrons. The zero-order valence-electron chi connectivity index (χ0n) is 15.4. The largest absolute Gasteiger partial charge is 0.322 e. The fourth-order valence-corrected chi connectivity index (χ4v) is 3.67. The molecule has 0 heterocycles. The van der Waals surface area contributed by atoms with Gasteiger partial charge in [-0.1, -0.05) is 29.8 Å². The molecule has 3 aromatic rings. The van der Waals surface area contributed by atoms with Crippen LogP contribution in [0.4, 0.5) is 15.8 Å². The van der Waals surface area contributed by atoms with E-state index >= 15 is 0 Å². The number of aryl methyl sites for hydroxylation is 2. The monoisotopic (exact) mass is 398 g/mol. The summed E-state index contributed by atoms with van der Waals surface area (Å²) >= 11 is 0. The zero-order valence-corrected chi connectivity index (χ0v) is 16.2. The Morgan fingerprint density at radius 2 is 1.64 bits per heavy atom. The van der Waals surface area contributed by atoms with Crippen LogP contribution in [0.5, 0.6) is 0 Å². The highest BCUT2D eigenvalue weighted by atomic mass is 32.2. The smallest absolute Gasteiger partial charge is 0.261 e. The van der Waals surface area contributed by atoms with Crippen molar-refractivity contribution in [3.8, 4) is 0 Å². The van der Waals surface area contributed by atoms with E-state index in [1.807, 2.05) is 6.92 Å². The average Bonchev–Trinajstić information content (AvgIpc) is 2.66. The second-order valence-electron chi connectivity index (χ2n) is 6.41. The molecule has 1 amide bonds. The number of halogens is 1. The van der Waals surface area contributed by atoms with Gasteiger partial charge in [0.2, 0.25) is 0 Å². The van der Waals surface area contributed by atoms with Crippen molar-refractivity contribution in [1.82, 2.24) is 0 Å². The quantitative estimate of drug-likeness (QED) is 0.665. The van der Waals surface area contributed by atoms with Crippen molar-refractivity contribution in [2.24, 2.45) is 0 Å². The summed E-state index contributed by atoms with van der Waals surface area (Å²) in [7, 11) is -3.86. The molecule has 0 aliphatic carbocycles. The van der Waals surface area contributed by atoms with Crippen molar-refractivity contribution in [2.45, 2.75) is 18.7 Å². The van der Waals surface area contributed by atoms with Gasteiger partial charge in [-0.2, -0.15) is 0 Å². The van der Waals surface area contributed by atoms with Crippen molar-refractivity contribution in [3.63, 3.8) is 0 Å². The number of carbonyl (C=O) groups is 1. The summed E-state index contributed by atoms with van der Waals surface area (Å²) in [5.41, 5.74) is 2.61. The molecular formula is C21H19FN2O3S. The maximum Gasteiger partial charge on any atom is 0.261 e. The Kier molecular flexibility index (Phi) is 5.46. The van der Waals surface area contributed by atoms with Gasteiger partial charge in [0.1, 0.15) is 5.82 Å². The van der Waals surface area contributed by atoms with E-state index in [0.717, 1.165) is 5.56 Å². The summed E-state index contributed by atoms with van der Waals surface area (Å²) in [6.45, 7) is 3.64. The second kappa shape index (κ2) is 7.82. The van der Waals surface area contributed by atoms with Crippen LogP contribution in [-0.4, -0.2) is 14.3 Å². The summed E-state index contributed by atoms with van der Waals surface area (Å²) in [5, 5.41) is 2.61. The molecule has 0 saturated heterocycles. The third-order valence-corrected chi connectivity index (χ3v) is 5.54. The minimum Gasteiger partial charge on any atom is -0.322 e. The molecule has 5 nitrogen and oxygen atoms in total. The Morgan fingerprint density at radius 1 is 0.929 bits per heavy atom. The van der Waals surface area contributed by atoms with E-state index in [-0.39, 0.29) is 10.5 Å². The van der Waals surface area contributed by atoms with Crippen LogP contribution in [0.1, 0.15) is 21.5 Å². The minimum atomic E-state index is -3.86. The molecular weight excluding hydrogens is 379 g/mol. The number of amides is 1. The van der Waals surface area contributed by atoms with Crippen molar-refractivity contribution in [2.75, 3.05) is 10.0 Å². The van der Waals surface area contributed by atoms with Gasteiger partial charge in [0, 0.05) is 16.9 Å².